The van der Waals surface area contributed by atoms with Crippen molar-refractivity contribution in [3.63, 3.8) is 0 Å². The third kappa shape index (κ3) is 2.07. The minimum atomic E-state index is 0.252. The van der Waals surface area contributed by atoms with Crippen LogP contribution >= 0.6 is 11.6 Å². The summed E-state index contributed by atoms with van der Waals surface area (Å²) in [6.45, 7) is 3.70. The van der Waals surface area contributed by atoms with Crippen molar-refractivity contribution >= 4 is 45.4 Å². The van der Waals surface area contributed by atoms with Gasteiger partial charge >= 0.3 is 0 Å². The Kier molecular flexibility index (Phi) is 2.98. The second kappa shape index (κ2) is 5.09. The van der Waals surface area contributed by atoms with E-state index in [0.717, 1.165) is 48.5 Å². The van der Waals surface area contributed by atoms with E-state index in [1.54, 1.807) is 0 Å². The van der Waals surface area contributed by atoms with Gasteiger partial charge in [0.05, 0.1) is 0 Å². The van der Waals surface area contributed by atoms with Crippen LogP contribution in [0.15, 0.2) is 34.3 Å². The first-order chi connectivity index (χ1) is 11.7. The molecule has 2 aliphatic heterocycles. The lowest BCUT2D eigenvalue weighted by molar-refractivity contribution is 0.570. The summed E-state index contributed by atoms with van der Waals surface area (Å²) in [5, 5.41) is 4.92. The third-order valence-corrected chi connectivity index (χ3v) is 5.05. The summed E-state index contributed by atoms with van der Waals surface area (Å²) in [6.07, 6.45) is 2.27. The molecule has 0 saturated carbocycles. The van der Waals surface area contributed by atoms with E-state index >= 15 is 0 Å². The second-order valence-corrected chi connectivity index (χ2v) is 6.78. The predicted octanol–water partition coefficient (Wildman–Crippen LogP) is 2.58. The average molecular weight is 342 g/mol. The van der Waals surface area contributed by atoms with Gasteiger partial charge in [0.2, 0.25) is 5.95 Å². The van der Waals surface area contributed by atoms with Gasteiger partial charge < -0.3 is 20.4 Å². The molecule has 1 unspecified atom stereocenters. The first kappa shape index (κ1) is 14.1. The van der Waals surface area contributed by atoms with Crippen molar-refractivity contribution in [1.82, 2.24) is 15.3 Å². The van der Waals surface area contributed by atoms with Gasteiger partial charge in [-0.1, -0.05) is 17.7 Å². The predicted molar refractivity (Wildman–Crippen MR) is 95.4 cm³/mol. The molecule has 0 spiro atoms. The van der Waals surface area contributed by atoms with E-state index in [4.69, 9.17) is 21.8 Å². The van der Waals surface area contributed by atoms with Crippen LogP contribution in [-0.2, 0) is 0 Å². The van der Waals surface area contributed by atoms with Crippen molar-refractivity contribution in [3.05, 3.63) is 34.9 Å². The normalized spacial score (nSPS) is 20.6. The summed E-state index contributed by atoms with van der Waals surface area (Å²) in [6, 6.07) is 5.52. The van der Waals surface area contributed by atoms with E-state index in [1.165, 1.54) is 5.57 Å². The summed E-state index contributed by atoms with van der Waals surface area (Å²) in [4.78, 5) is 11.1. The zero-order valence-corrected chi connectivity index (χ0v) is 13.7. The van der Waals surface area contributed by atoms with Crippen molar-refractivity contribution in [2.75, 3.05) is 36.8 Å². The molecule has 4 heterocycles. The van der Waals surface area contributed by atoms with Gasteiger partial charge in [0, 0.05) is 42.5 Å². The van der Waals surface area contributed by atoms with Crippen LogP contribution in [0.2, 0.25) is 5.02 Å². The molecule has 7 heteroatoms. The molecule has 1 fully saturated rings. The van der Waals surface area contributed by atoms with Crippen molar-refractivity contribution in [2.24, 2.45) is 5.92 Å². The molecule has 3 aromatic rings. The number of halogens is 1. The fraction of sp³-hybridized carbons (Fsp3) is 0.294. The zero-order chi connectivity index (χ0) is 16.3. The number of nitrogens with two attached hydrogens (primary N) is 1. The Labute approximate surface area is 143 Å². The molecule has 24 heavy (non-hydrogen) atoms. The Morgan fingerprint density at radius 2 is 2.25 bits per heavy atom. The lowest BCUT2D eigenvalue weighted by Crippen LogP contribution is -2.29. The van der Waals surface area contributed by atoms with Crippen molar-refractivity contribution in [2.45, 2.75) is 0 Å². The molecule has 3 N–H and O–H groups in total. The molecule has 1 aromatic carbocycles. The van der Waals surface area contributed by atoms with Crippen molar-refractivity contribution in [3.8, 4) is 0 Å². The summed E-state index contributed by atoms with van der Waals surface area (Å²) in [5.74, 6) is 1.53. The monoisotopic (exact) mass is 341 g/mol. The summed E-state index contributed by atoms with van der Waals surface area (Å²) < 4.78 is 6.04. The first-order valence-electron chi connectivity index (χ1n) is 7.99. The molecular formula is C17H16ClN5O. The van der Waals surface area contributed by atoms with E-state index in [0.29, 0.717) is 16.5 Å². The van der Waals surface area contributed by atoms with E-state index in [9.17, 15) is 0 Å². The van der Waals surface area contributed by atoms with Gasteiger partial charge in [0.25, 0.3) is 0 Å². The standard InChI is InChI=1S/C17H16ClN5O/c18-11-1-2-13-12(5-11)14-15(24-13)16(22-17(19)21-14)23-7-9-3-4-20-6-10(9)8-23/h1-3,5,10,20H,4,6-8H2,(H2,19,21,22). The highest BCUT2D eigenvalue weighted by Crippen LogP contribution is 2.37. The van der Waals surface area contributed by atoms with Gasteiger partial charge in [0.15, 0.2) is 11.4 Å². The van der Waals surface area contributed by atoms with Crippen molar-refractivity contribution in [1.29, 1.82) is 0 Å². The maximum atomic E-state index is 6.12. The van der Waals surface area contributed by atoms with Crippen LogP contribution in [0.3, 0.4) is 0 Å². The number of rotatable bonds is 1. The molecule has 0 bridgehead atoms. The fourth-order valence-electron chi connectivity index (χ4n) is 3.68. The molecule has 2 aliphatic rings. The van der Waals surface area contributed by atoms with Gasteiger partial charge in [-0.05, 0) is 23.8 Å². The Morgan fingerprint density at radius 3 is 3.12 bits per heavy atom. The number of furan rings is 1. The number of hydrogen-bond acceptors (Lipinski definition) is 6. The number of benzene rings is 1. The third-order valence-electron chi connectivity index (χ3n) is 4.81. The van der Waals surface area contributed by atoms with Gasteiger partial charge in [0.1, 0.15) is 11.1 Å². The van der Waals surface area contributed by atoms with E-state index < -0.39 is 0 Å². The molecule has 122 valence electrons. The summed E-state index contributed by atoms with van der Waals surface area (Å²) in [7, 11) is 0. The quantitative estimate of drug-likeness (QED) is 0.662. The van der Waals surface area contributed by atoms with Crippen LogP contribution in [0.4, 0.5) is 11.8 Å². The lowest BCUT2D eigenvalue weighted by Gasteiger charge is -2.17. The Morgan fingerprint density at radius 1 is 1.33 bits per heavy atom. The molecule has 0 aliphatic carbocycles. The van der Waals surface area contributed by atoms with Gasteiger partial charge in [-0.15, -0.1) is 0 Å². The Balaban J connectivity index is 1.70. The zero-order valence-electron chi connectivity index (χ0n) is 12.9. The molecule has 6 nitrogen and oxygen atoms in total. The number of nitrogens with one attached hydrogen (secondary N) is 1. The summed E-state index contributed by atoms with van der Waals surface area (Å²) in [5.41, 5.74) is 9.57. The Hall–Kier alpha value is -2.31. The van der Waals surface area contributed by atoms with Gasteiger partial charge in [-0.2, -0.15) is 4.98 Å². The molecule has 0 radical (unpaired) electrons. The SMILES string of the molecule is Nc1nc(N2CC3=CCNCC3C2)c2oc3ccc(Cl)cc3c2n1. The van der Waals surface area contributed by atoms with Crippen LogP contribution < -0.4 is 16.0 Å². The highest BCUT2D eigenvalue weighted by Gasteiger charge is 2.31. The van der Waals surface area contributed by atoms with Crippen LogP contribution in [0, 0.1) is 5.92 Å². The fourth-order valence-corrected chi connectivity index (χ4v) is 3.85. The average Bonchev–Trinajstić information content (AvgIpc) is 3.15. The molecule has 1 atom stereocenters. The molecule has 5 rings (SSSR count). The molecular weight excluding hydrogens is 326 g/mol. The largest absolute Gasteiger partial charge is 0.450 e. The first-order valence-corrected chi connectivity index (χ1v) is 8.37. The minimum absolute atomic E-state index is 0.252. The van der Waals surface area contributed by atoms with Crippen LogP contribution in [0.25, 0.3) is 22.1 Å². The molecule has 2 aromatic heterocycles. The smallest absolute Gasteiger partial charge is 0.222 e. The van der Waals surface area contributed by atoms with E-state index in [1.807, 2.05) is 18.2 Å². The highest BCUT2D eigenvalue weighted by atomic mass is 35.5. The van der Waals surface area contributed by atoms with Gasteiger partial charge in [-0.25, -0.2) is 4.98 Å². The van der Waals surface area contributed by atoms with E-state index in [2.05, 4.69) is 26.3 Å². The van der Waals surface area contributed by atoms with Crippen molar-refractivity contribution < 1.29 is 4.42 Å². The number of fused-ring (bicyclic) bond motifs is 4. The number of anilines is 2. The second-order valence-electron chi connectivity index (χ2n) is 6.34. The number of hydrogen-bond donors (Lipinski definition) is 2. The Bertz CT molecular complexity index is 995. The van der Waals surface area contributed by atoms with E-state index in [-0.39, 0.29) is 5.95 Å². The maximum absolute atomic E-state index is 6.12. The minimum Gasteiger partial charge on any atom is -0.450 e. The molecule has 0 amide bonds. The molecule has 1 saturated heterocycles. The number of nitrogens with zero attached hydrogens (tertiary/aromatic N) is 3. The lowest BCUT2D eigenvalue weighted by atomic mass is 10.0. The topological polar surface area (TPSA) is 80.2 Å². The van der Waals surface area contributed by atoms with Crippen LogP contribution in [-0.4, -0.2) is 36.1 Å². The van der Waals surface area contributed by atoms with Crippen LogP contribution in [0.5, 0.6) is 0 Å². The van der Waals surface area contributed by atoms with Gasteiger partial charge in [-0.3, -0.25) is 0 Å². The maximum Gasteiger partial charge on any atom is 0.222 e. The van der Waals surface area contributed by atoms with Crippen LogP contribution in [0.1, 0.15) is 0 Å². The number of aromatic nitrogens is 2. The summed E-state index contributed by atoms with van der Waals surface area (Å²) >= 11 is 6.12. The highest BCUT2D eigenvalue weighted by molar-refractivity contribution is 6.31. The number of nitrogen functional groups attached to an aromatic ring is 1.